The van der Waals surface area contributed by atoms with Crippen LogP contribution >= 0.6 is 0 Å². The number of phenols is 2. The maximum Gasteiger partial charge on any atom is 0.185 e. The average molecular weight is 364 g/mol. The standard InChI is InChI=1S/C22H20O5/c1-13-11-14(4-8-17(13)23)3-7-16-21(22(16)26)19(25)10-6-15-5-9-18(24)20(12-15)27-2/h3-12,22-24,26H,1-2H3/b7-3+,10-6+. The third-order valence-electron chi connectivity index (χ3n) is 4.37. The number of carbonyl (C=O) groups is 1. The van der Waals surface area contributed by atoms with E-state index in [1.807, 2.05) is 6.07 Å². The highest BCUT2D eigenvalue weighted by atomic mass is 16.5. The van der Waals surface area contributed by atoms with Crippen LogP contribution in [0.25, 0.3) is 12.2 Å². The van der Waals surface area contributed by atoms with E-state index in [1.54, 1.807) is 49.4 Å². The predicted octanol–water partition coefficient (Wildman–Crippen LogP) is 3.38. The molecule has 3 rings (SSSR count). The molecule has 0 fully saturated rings. The first-order valence-corrected chi connectivity index (χ1v) is 8.40. The molecule has 0 aliphatic heterocycles. The van der Waals surface area contributed by atoms with E-state index in [1.165, 1.54) is 19.3 Å². The van der Waals surface area contributed by atoms with E-state index >= 15 is 0 Å². The zero-order valence-electron chi connectivity index (χ0n) is 15.0. The zero-order chi connectivity index (χ0) is 19.6. The van der Waals surface area contributed by atoms with Crippen molar-refractivity contribution in [1.82, 2.24) is 0 Å². The van der Waals surface area contributed by atoms with Gasteiger partial charge in [-0.3, -0.25) is 4.79 Å². The second-order valence-corrected chi connectivity index (χ2v) is 6.28. The number of hydrogen-bond acceptors (Lipinski definition) is 5. The molecule has 2 aromatic rings. The largest absolute Gasteiger partial charge is 0.508 e. The SMILES string of the molecule is COc1cc(/C=C/C(=O)C2=C(/C=C/c3ccc(O)c(C)c3)C2O)ccc1O. The summed E-state index contributed by atoms with van der Waals surface area (Å²) < 4.78 is 5.03. The lowest BCUT2D eigenvalue weighted by molar-refractivity contribution is -0.111. The van der Waals surface area contributed by atoms with E-state index < -0.39 is 6.10 Å². The number of allylic oxidation sites excluding steroid dienone is 1. The van der Waals surface area contributed by atoms with Gasteiger partial charge in [-0.1, -0.05) is 30.4 Å². The molecule has 5 heteroatoms. The van der Waals surface area contributed by atoms with Crippen LogP contribution in [0.2, 0.25) is 0 Å². The molecule has 1 aliphatic carbocycles. The zero-order valence-corrected chi connectivity index (χ0v) is 15.0. The Morgan fingerprint density at radius 3 is 2.33 bits per heavy atom. The molecule has 27 heavy (non-hydrogen) atoms. The number of phenolic OH excluding ortho intramolecular Hbond substituents is 2. The molecule has 2 aromatic carbocycles. The van der Waals surface area contributed by atoms with Gasteiger partial charge in [0.05, 0.1) is 7.11 Å². The topological polar surface area (TPSA) is 87.0 Å². The number of hydrogen-bond donors (Lipinski definition) is 3. The van der Waals surface area contributed by atoms with Gasteiger partial charge in [-0.15, -0.1) is 0 Å². The second-order valence-electron chi connectivity index (χ2n) is 6.28. The smallest absolute Gasteiger partial charge is 0.185 e. The summed E-state index contributed by atoms with van der Waals surface area (Å²) in [6.45, 7) is 1.80. The molecule has 0 saturated heterocycles. The van der Waals surface area contributed by atoms with Gasteiger partial charge in [0.15, 0.2) is 17.3 Å². The maximum atomic E-state index is 12.3. The molecule has 138 valence electrons. The molecule has 0 amide bonds. The molecule has 1 unspecified atom stereocenters. The van der Waals surface area contributed by atoms with E-state index in [4.69, 9.17) is 4.74 Å². The molecule has 0 saturated carbocycles. The fourth-order valence-corrected chi connectivity index (χ4v) is 2.71. The monoisotopic (exact) mass is 364 g/mol. The Bertz CT molecular complexity index is 982. The summed E-state index contributed by atoms with van der Waals surface area (Å²) in [6, 6.07) is 9.95. The maximum absolute atomic E-state index is 12.3. The first-order valence-electron chi connectivity index (χ1n) is 8.40. The molecule has 0 aromatic heterocycles. The Hall–Kier alpha value is -3.31. The van der Waals surface area contributed by atoms with Gasteiger partial charge < -0.3 is 20.1 Å². The molecule has 0 spiro atoms. The normalized spacial score (nSPS) is 16.3. The molecular weight excluding hydrogens is 344 g/mol. The number of aliphatic hydroxyl groups excluding tert-OH is 1. The van der Waals surface area contributed by atoms with Crippen molar-refractivity contribution in [2.24, 2.45) is 0 Å². The Morgan fingerprint density at radius 2 is 1.67 bits per heavy atom. The van der Waals surface area contributed by atoms with E-state index in [0.717, 1.165) is 11.1 Å². The number of rotatable bonds is 6. The Balaban J connectivity index is 1.72. The molecule has 1 aliphatic rings. The molecule has 3 N–H and O–H groups in total. The summed E-state index contributed by atoms with van der Waals surface area (Å²) in [4.78, 5) is 12.3. The van der Waals surface area contributed by atoms with Gasteiger partial charge in [0.25, 0.3) is 0 Å². The number of carbonyl (C=O) groups excluding carboxylic acids is 1. The summed E-state index contributed by atoms with van der Waals surface area (Å²) in [5.74, 6) is 0.307. The number of methoxy groups -OCH3 is 1. The van der Waals surface area contributed by atoms with Crippen molar-refractivity contribution in [3.05, 3.63) is 76.4 Å². The van der Waals surface area contributed by atoms with Crippen LogP contribution in [0.3, 0.4) is 0 Å². The van der Waals surface area contributed by atoms with E-state index in [2.05, 4.69) is 0 Å². The first kappa shape index (κ1) is 18.5. The van der Waals surface area contributed by atoms with E-state index in [9.17, 15) is 20.1 Å². The van der Waals surface area contributed by atoms with E-state index in [0.29, 0.717) is 22.5 Å². The van der Waals surface area contributed by atoms with Gasteiger partial charge in [0.2, 0.25) is 0 Å². The number of aliphatic hydroxyl groups is 1. The van der Waals surface area contributed by atoms with Crippen molar-refractivity contribution in [3.8, 4) is 17.2 Å². The highest BCUT2D eigenvalue weighted by Crippen LogP contribution is 2.35. The van der Waals surface area contributed by atoms with Crippen LogP contribution in [0.4, 0.5) is 0 Å². The first-order chi connectivity index (χ1) is 12.9. The Kier molecular flexibility index (Phi) is 5.14. The Labute approximate surface area is 157 Å². The minimum absolute atomic E-state index is 0.0261. The van der Waals surface area contributed by atoms with E-state index in [-0.39, 0.29) is 17.3 Å². The summed E-state index contributed by atoms with van der Waals surface area (Å²) in [5.41, 5.74) is 3.27. The molecule has 1 atom stereocenters. The lowest BCUT2D eigenvalue weighted by atomic mass is 10.1. The Morgan fingerprint density at radius 1 is 1.00 bits per heavy atom. The van der Waals surface area contributed by atoms with Crippen molar-refractivity contribution in [2.75, 3.05) is 7.11 Å². The fraction of sp³-hybridized carbons (Fsp3) is 0.136. The van der Waals surface area contributed by atoms with Gasteiger partial charge in [0, 0.05) is 5.57 Å². The summed E-state index contributed by atoms with van der Waals surface area (Å²) in [6.07, 6.45) is 5.63. The van der Waals surface area contributed by atoms with Gasteiger partial charge in [-0.05, 0) is 59.5 Å². The molecule has 0 heterocycles. The number of aryl methyl sites for hydroxylation is 1. The highest BCUT2D eigenvalue weighted by Gasteiger charge is 2.36. The summed E-state index contributed by atoms with van der Waals surface area (Å²) >= 11 is 0. The van der Waals surface area contributed by atoms with Crippen molar-refractivity contribution in [2.45, 2.75) is 13.0 Å². The number of aromatic hydroxyl groups is 2. The quantitative estimate of drug-likeness (QED) is 0.684. The minimum atomic E-state index is -0.856. The second kappa shape index (κ2) is 7.51. The lowest BCUT2D eigenvalue weighted by Crippen LogP contribution is -1.96. The summed E-state index contributed by atoms with van der Waals surface area (Å²) in [5, 5.41) is 29.1. The van der Waals surface area contributed by atoms with Gasteiger partial charge >= 0.3 is 0 Å². The van der Waals surface area contributed by atoms with Crippen LogP contribution in [0.5, 0.6) is 17.2 Å². The van der Waals surface area contributed by atoms with Crippen LogP contribution < -0.4 is 4.74 Å². The highest BCUT2D eigenvalue weighted by molar-refractivity contribution is 6.12. The number of benzene rings is 2. The van der Waals surface area contributed by atoms with Crippen LogP contribution in [-0.4, -0.2) is 34.3 Å². The van der Waals surface area contributed by atoms with Gasteiger partial charge in [0.1, 0.15) is 11.9 Å². The van der Waals surface area contributed by atoms with Crippen LogP contribution in [-0.2, 0) is 4.79 Å². The lowest BCUT2D eigenvalue weighted by Gasteiger charge is -2.03. The van der Waals surface area contributed by atoms with Crippen molar-refractivity contribution in [3.63, 3.8) is 0 Å². The van der Waals surface area contributed by atoms with Crippen molar-refractivity contribution in [1.29, 1.82) is 0 Å². The van der Waals surface area contributed by atoms with Gasteiger partial charge in [-0.25, -0.2) is 0 Å². The number of ketones is 1. The molecule has 5 nitrogen and oxygen atoms in total. The van der Waals surface area contributed by atoms with Crippen LogP contribution in [0.15, 0.2) is 59.7 Å². The van der Waals surface area contributed by atoms with Crippen molar-refractivity contribution < 1.29 is 24.9 Å². The molecular formula is C22H20O5. The van der Waals surface area contributed by atoms with Crippen LogP contribution in [0.1, 0.15) is 16.7 Å². The van der Waals surface area contributed by atoms with Crippen LogP contribution in [0, 0.1) is 6.92 Å². The average Bonchev–Trinajstić information content (AvgIpc) is 3.31. The predicted molar refractivity (Wildman–Crippen MR) is 104 cm³/mol. The molecule has 0 radical (unpaired) electrons. The molecule has 0 bridgehead atoms. The number of ether oxygens (including phenoxy) is 1. The third kappa shape index (κ3) is 4.10. The fourth-order valence-electron chi connectivity index (χ4n) is 2.71. The van der Waals surface area contributed by atoms with Crippen molar-refractivity contribution >= 4 is 17.9 Å². The van der Waals surface area contributed by atoms with Gasteiger partial charge in [-0.2, -0.15) is 0 Å². The summed E-state index contributed by atoms with van der Waals surface area (Å²) in [7, 11) is 1.45. The minimum Gasteiger partial charge on any atom is -0.508 e. The third-order valence-corrected chi connectivity index (χ3v) is 4.37.